The molecule has 0 spiro atoms. The third kappa shape index (κ3) is 8.43. The van der Waals surface area contributed by atoms with Gasteiger partial charge in [-0.1, -0.05) is 24.3 Å². The summed E-state index contributed by atoms with van der Waals surface area (Å²) in [7, 11) is 3.60. The second kappa shape index (κ2) is 10.7. The van der Waals surface area contributed by atoms with Crippen LogP contribution in [0.2, 0.25) is 0 Å². The van der Waals surface area contributed by atoms with Gasteiger partial charge < -0.3 is 15.4 Å². The highest BCUT2D eigenvalue weighted by Gasteiger charge is 2.27. The zero-order valence-electron chi connectivity index (χ0n) is 16.1. The molecular weight excluding hydrogens is 371 g/mol. The van der Waals surface area contributed by atoms with E-state index in [1.165, 1.54) is 5.56 Å². The smallest absolute Gasteiger partial charge is 0.367 e. The van der Waals surface area contributed by atoms with Crippen LogP contribution in [0.25, 0.3) is 0 Å². The van der Waals surface area contributed by atoms with Crippen LogP contribution in [0.4, 0.5) is 13.2 Å². The number of benzene rings is 1. The van der Waals surface area contributed by atoms with E-state index in [4.69, 9.17) is 0 Å². The maximum atomic E-state index is 12.1. The molecule has 2 N–H and O–H groups in total. The number of alkyl halides is 3. The van der Waals surface area contributed by atoms with E-state index in [9.17, 15) is 13.2 Å². The normalized spacial score (nSPS) is 12.2. The van der Waals surface area contributed by atoms with Gasteiger partial charge >= 0.3 is 6.18 Å². The number of halogens is 3. The largest absolute Gasteiger partial charge is 0.411 e. The van der Waals surface area contributed by atoms with Gasteiger partial charge in [0.05, 0.1) is 12.8 Å². The molecule has 28 heavy (non-hydrogen) atoms. The Morgan fingerprint density at radius 2 is 1.86 bits per heavy atom. The van der Waals surface area contributed by atoms with E-state index in [0.717, 1.165) is 24.9 Å². The number of nitrogens with zero attached hydrogens (tertiary/aromatic N) is 3. The summed E-state index contributed by atoms with van der Waals surface area (Å²) in [5.74, 6) is 0.698. The predicted octanol–water partition coefficient (Wildman–Crippen LogP) is 2.80. The number of aromatic nitrogens is 2. The van der Waals surface area contributed by atoms with Gasteiger partial charge in [0.25, 0.3) is 0 Å². The lowest BCUT2D eigenvalue weighted by atomic mass is 10.1. The van der Waals surface area contributed by atoms with Crippen molar-refractivity contribution in [2.75, 3.05) is 20.2 Å². The van der Waals surface area contributed by atoms with Crippen molar-refractivity contribution in [2.24, 2.45) is 12.0 Å². The summed E-state index contributed by atoms with van der Waals surface area (Å²) < 4.78 is 42.7. The van der Waals surface area contributed by atoms with Gasteiger partial charge in [-0.3, -0.25) is 9.67 Å². The van der Waals surface area contributed by atoms with Crippen molar-refractivity contribution < 1.29 is 17.9 Å². The number of hydrogen-bond acceptors (Lipinski definition) is 3. The van der Waals surface area contributed by atoms with Crippen LogP contribution in [-0.4, -0.2) is 42.1 Å². The molecule has 1 aromatic carbocycles. The summed E-state index contributed by atoms with van der Waals surface area (Å²) in [6, 6.07) is 7.23. The van der Waals surface area contributed by atoms with Crippen molar-refractivity contribution in [1.29, 1.82) is 0 Å². The highest BCUT2D eigenvalue weighted by molar-refractivity contribution is 5.79. The molecule has 9 heteroatoms. The van der Waals surface area contributed by atoms with Crippen LogP contribution in [0.1, 0.15) is 23.1 Å². The molecule has 0 aliphatic heterocycles. The van der Waals surface area contributed by atoms with E-state index in [1.54, 1.807) is 23.9 Å². The zero-order valence-corrected chi connectivity index (χ0v) is 16.1. The lowest BCUT2D eigenvalue weighted by molar-refractivity contribution is -0.176. The van der Waals surface area contributed by atoms with Crippen LogP contribution in [0.5, 0.6) is 0 Å². The van der Waals surface area contributed by atoms with Crippen molar-refractivity contribution in [1.82, 2.24) is 20.4 Å². The number of rotatable bonds is 9. The monoisotopic (exact) mass is 397 g/mol. The molecular formula is C19H26F3N5O. The number of guanidine groups is 1. The van der Waals surface area contributed by atoms with E-state index < -0.39 is 12.8 Å². The van der Waals surface area contributed by atoms with Crippen molar-refractivity contribution in [3.8, 4) is 0 Å². The van der Waals surface area contributed by atoms with Crippen LogP contribution in [0.15, 0.2) is 41.7 Å². The van der Waals surface area contributed by atoms with Crippen molar-refractivity contribution in [3.63, 3.8) is 0 Å². The van der Waals surface area contributed by atoms with E-state index in [2.05, 4.69) is 25.5 Å². The standard InChI is InChI=1S/C19H26F3N5O/c1-23-18(24-9-3-4-17-11-26-27(2)12-17)25-10-15-5-7-16(8-6-15)13-28-14-19(20,21)22/h5-8,11-12H,3-4,9-10,13-14H2,1-2H3,(H2,23,24,25). The summed E-state index contributed by atoms with van der Waals surface area (Å²) in [5.41, 5.74) is 2.90. The maximum absolute atomic E-state index is 12.1. The van der Waals surface area contributed by atoms with E-state index in [1.807, 2.05) is 31.6 Å². The molecule has 0 unspecified atom stereocenters. The second-order valence-corrected chi connectivity index (χ2v) is 6.40. The number of aryl methyl sites for hydroxylation is 2. The van der Waals surface area contributed by atoms with Gasteiger partial charge in [0.1, 0.15) is 6.61 Å². The first-order valence-electron chi connectivity index (χ1n) is 9.00. The van der Waals surface area contributed by atoms with Crippen molar-refractivity contribution in [2.45, 2.75) is 32.2 Å². The van der Waals surface area contributed by atoms with Gasteiger partial charge in [-0.15, -0.1) is 0 Å². The summed E-state index contributed by atoms with van der Waals surface area (Å²) in [5, 5.41) is 10.6. The summed E-state index contributed by atoms with van der Waals surface area (Å²) in [6.45, 7) is 0.0441. The molecule has 0 aliphatic carbocycles. The van der Waals surface area contributed by atoms with Gasteiger partial charge in [-0.2, -0.15) is 18.3 Å². The van der Waals surface area contributed by atoms with Crippen LogP contribution < -0.4 is 10.6 Å². The topological polar surface area (TPSA) is 63.5 Å². The molecule has 1 heterocycles. The average molecular weight is 397 g/mol. The molecule has 2 rings (SSSR count). The molecule has 0 atom stereocenters. The fraction of sp³-hybridized carbons (Fsp3) is 0.474. The van der Waals surface area contributed by atoms with E-state index >= 15 is 0 Å². The minimum atomic E-state index is -4.30. The van der Waals surface area contributed by atoms with E-state index in [0.29, 0.717) is 18.1 Å². The quantitative estimate of drug-likeness (QED) is 0.388. The fourth-order valence-corrected chi connectivity index (χ4v) is 2.54. The Morgan fingerprint density at radius 3 is 2.46 bits per heavy atom. The number of nitrogens with one attached hydrogen (secondary N) is 2. The van der Waals surface area contributed by atoms with Gasteiger partial charge in [0.15, 0.2) is 5.96 Å². The van der Waals surface area contributed by atoms with Gasteiger partial charge in [0.2, 0.25) is 0 Å². The van der Waals surface area contributed by atoms with Crippen LogP contribution in [-0.2, 0) is 31.4 Å². The molecule has 0 saturated carbocycles. The van der Waals surface area contributed by atoms with Crippen molar-refractivity contribution >= 4 is 5.96 Å². The third-order valence-electron chi connectivity index (χ3n) is 3.93. The number of ether oxygens (including phenoxy) is 1. The average Bonchev–Trinajstić information content (AvgIpc) is 3.06. The van der Waals surface area contributed by atoms with Crippen molar-refractivity contribution in [3.05, 3.63) is 53.3 Å². The maximum Gasteiger partial charge on any atom is 0.411 e. The lowest BCUT2D eigenvalue weighted by Crippen LogP contribution is -2.37. The molecule has 0 bridgehead atoms. The Hall–Kier alpha value is -2.55. The van der Waals surface area contributed by atoms with Crippen LogP contribution in [0.3, 0.4) is 0 Å². The molecule has 2 aromatic rings. The van der Waals surface area contributed by atoms with Gasteiger partial charge in [0, 0.05) is 33.4 Å². The Balaban J connectivity index is 1.66. The number of hydrogen-bond donors (Lipinski definition) is 2. The minimum absolute atomic E-state index is 0.0621. The number of aliphatic imine (C=N–C) groups is 1. The highest BCUT2D eigenvalue weighted by atomic mass is 19.4. The Kier molecular flexibility index (Phi) is 8.31. The second-order valence-electron chi connectivity index (χ2n) is 6.40. The Bertz CT molecular complexity index is 741. The first kappa shape index (κ1) is 21.7. The molecule has 0 fully saturated rings. The summed E-state index contributed by atoms with van der Waals surface area (Å²) in [4.78, 5) is 4.18. The third-order valence-corrected chi connectivity index (χ3v) is 3.93. The molecule has 1 aromatic heterocycles. The molecule has 0 saturated heterocycles. The minimum Gasteiger partial charge on any atom is -0.367 e. The zero-order chi connectivity index (χ0) is 20.4. The predicted molar refractivity (Wildman–Crippen MR) is 102 cm³/mol. The first-order chi connectivity index (χ1) is 13.4. The van der Waals surface area contributed by atoms with E-state index in [-0.39, 0.29) is 6.61 Å². The highest BCUT2D eigenvalue weighted by Crippen LogP contribution is 2.15. The van der Waals surface area contributed by atoms with Crippen LogP contribution >= 0.6 is 0 Å². The molecule has 0 amide bonds. The molecule has 0 radical (unpaired) electrons. The Morgan fingerprint density at radius 1 is 1.14 bits per heavy atom. The SMILES string of the molecule is CN=C(NCCCc1cnn(C)c1)NCc1ccc(COCC(F)(F)F)cc1. The lowest BCUT2D eigenvalue weighted by Gasteiger charge is -2.12. The summed E-state index contributed by atoms with van der Waals surface area (Å²) in [6.07, 6.45) is 1.47. The molecule has 154 valence electrons. The fourth-order valence-electron chi connectivity index (χ4n) is 2.54. The van der Waals surface area contributed by atoms with Gasteiger partial charge in [-0.25, -0.2) is 0 Å². The Labute approximate surface area is 162 Å². The van der Waals surface area contributed by atoms with Crippen LogP contribution in [0, 0.1) is 0 Å². The summed E-state index contributed by atoms with van der Waals surface area (Å²) >= 11 is 0. The molecule has 6 nitrogen and oxygen atoms in total. The first-order valence-corrected chi connectivity index (χ1v) is 9.00. The molecule has 0 aliphatic rings. The van der Waals surface area contributed by atoms with Gasteiger partial charge in [-0.05, 0) is 29.5 Å².